The standard InChI is InChI=1S/C25H27ClN4O3/c1-3-30(16-25(32)29-23-9-7-22(8-10-23)28-18(2)31)15-20-13-21(26)6-11-24(20)33-17-19-5-4-12-27-14-19/h4-14H,3,15-17H2,1-2H3,(H,28,31)(H,29,32). The molecule has 2 N–H and O–H groups in total. The molecule has 3 aromatic rings. The van der Waals surface area contributed by atoms with E-state index in [0.717, 1.165) is 16.9 Å². The Kier molecular flexibility index (Phi) is 8.80. The number of ether oxygens (including phenoxy) is 1. The van der Waals surface area contributed by atoms with Crippen LogP contribution in [0.3, 0.4) is 0 Å². The van der Waals surface area contributed by atoms with Gasteiger partial charge in [0.15, 0.2) is 0 Å². The van der Waals surface area contributed by atoms with Crippen molar-refractivity contribution < 1.29 is 14.3 Å². The van der Waals surface area contributed by atoms with Crippen LogP contribution >= 0.6 is 11.6 Å². The highest BCUT2D eigenvalue weighted by atomic mass is 35.5. The van der Waals surface area contributed by atoms with Gasteiger partial charge >= 0.3 is 0 Å². The van der Waals surface area contributed by atoms with E-state index in [1.807, 2.05) is 36.1 Å². The van der Waals surface area contributed by atoms with Gasteiger partial charge in [0.05, 0.1) is 6.54 Å². The zero-order valence-electron chi connectivity index (χ0n) is 18.7. The molecule has 0 unspecified atom stereocenters. The molecular formula is C25H27ClN4O3. The fourth-order valence-corrected chi connectivity index (χ4v) is 3.42. The van der Waals surface area contributed by atoms with Crippen LogP contribution in [0.1, 0.15) is 25.0 Å². The van der Waals surface area contributed by atoms with Crippen LogP contribution in [0.2, 0.25) is 5.02 Å². The summed E-state index contributed by atoms with van der Waals surface area (Å²) >= 11 is 6.23. The molecule has 0 bridgehead atoms. The monoisotopic (exact) mass is 466 g/mol. The average Bonchev–Trinajstić information content (AvgIpc) is 2.79. The largest absolute Gasteiger partial charge is 0.489 e. The smallest absolute Gasteiger partial charge is 0.238 e. The first-order valence-corrected chi connectivity index (χ1v) is 11.0. The molecular weight excluding hydrogens is 440 g/mol. The molecule has 0 radical (unpaired) electrons. The van der Waals surface area contributed by atoms with Gasteiger partial charge in [-0.25, -0.2) is 0 Å². The summed E-state index contributed by atoms with van der Waals surface area (Å²) in [4.78, 5) is 29.9. The number of pyridine rings is 1. The van der Waals surface area contributed by atoms with Crippen LogP contribution in [-0.4, -0.2) is 34.8 Å². The number of nitrogens with one attached hydrogen (secondary N) is 2. The maximum absolute atomic E-state index is 12.6. The lowest BCUT2D eigenvalue weighted by molar-refractivity contribution is -0.117. The first-order valence-electron chi connectivity index (χ1n) is 10.6. The fraction of sp³-hybridized carbons (Fsp3) is 0.240. The number of hydrogen-bond acceptors (Lipinski definition) is 5. The van der Waals surface area contributed by atoms with Crippen LogP contribution in [0.4, 0.5) is 11.4 Å². The van der Waals surface area contributed by atoms with Crippen molar-refractivity contribution >= 4 is 34.8 Å². The third-order valence-electron chi connectivity index (χ3n) is 4.84. The van der Waals surface area contributed by atoms with Crippen molar-refractivity contribution in [1.82, 2.24) is 9.88 Å². The maximum atomic E-state index is 12.6. The van der Waals surface area contributed by atoms with Crippen molar-refractivity contribution in [3.05, 3.63) is 83.1 Å². The van der Waals surface area contributed by atoms with Gasteiger partial charge in [-0.2, -0.15) is 0 Å². The third-order valence-corrected chi connectivity index (χ3v) is 5.07. The van der Waals surface area contributed by atoms with Gasteiger partial charge in [-0.1, -0.05) is 24.6 Å². The van der Waals surface area contributed by atoms with E-state index >= 15 is 0 Å². The van der Waals surface area contributed by atoms with Crippen LogP contribution in [0.5, 0.6) is 5.75 Å². The molecule has 172 valence electrons. The summed E-state index contributed by atoms with van der Waals surface area (Å²) in [6.45, 7) is 5.22. The highest BCUT2D eigenvalue weighted by molar-refractivity contribution is 6.30. The molecule has 0 atom stereocenters. The first kappa shape index (κ1) is 24.2. The normalized spacial score (nSPS) is 10.7. The summed E-state index contributed by atoms with van der Waals surface area (Å²) < 4.78 is 6.01. The number of amides is 2. The number of nitrogens with zero attached hydrogens (tertiary/aromatic N) is 2. The van der Waals surface area contributed by atoms with E-state index in [9.17, 15) is 9.59 Å². The Morgan fingerprint density at radius 3 is 2.42 bits per heavy atom. The first-order chi connectivity index (χ1) is 15.9. The molecule has 1 aromatic heterocycles. The molecule has 1 heterocycles. The Labute approximate surface area is 198 Å². The van der Waals surface area contributed by atoms with Gasteiger partial charge < -0.3 is 15.4 Å². The van der Waals surface area contributed by atoms with Crippen molar-refractivity contribution in [2.45, 2.75) is 27.0 Å². The van der Waals surface area contributed by atoms with Crippen LogP contribution in [0, 0.1) is 0 Å². The van der Waals surface area contributed by atoms with E-state index in [-0.39, 0.29) is 18.4 Å². The predicted octanol–water partition coefficient (Wildman–Crippen LogP) is 4.73. The highest BCUT2D eigenvalue weighted by Crippen LogP contribution is 2.25. The second-order valence-corrected chi connectivity index (χ2v) is 7.95. The Morgan fingerprint density at radius 1 is 1.06 bits per heavy atom. The lowest BCUT2D eigenvalue weighted by Gasteiger charge is -2.22. The lowest BCUT2D eigenvalue weighted by atomic mass is 10.2. The number of rotatable bonds is 10. The van der Waals surface area contributed by atoms with E-state index in [1.54, 1.807) is 42.7 Å². The van der Waals surface area contributed by atoms with Crippen molar-refractivity contribution in [3.63, 3.8) is 0 Å². The van der Waals surface area contributed by atoms with Gasteiger partial charge in [0.1, 0.15) is 12.4 Å². The molecule has 33 heavy (non-hydrogen) atoms. The van der Waals surface area contributed by atoms with E-state index in [4.69, 9.17) is 16.3 Å². The van der Waals surface area contributed by atoms with E-state index in [0.29, 0.717) is 36.1 Å². The molecule has 7 nitrogen and oxygen atoms in total. The molecule has 8 heteroatoms. The number of anilines is 2. The number of likely N-dealkylation sites (N-methyl/N-ethyl adjacent to an activating group) is 1. The van der Waals surface area contributed by atoms with E-state index in [2.05, 4.69) is 15.6 Å². The number of aromatic nitrogens is 1. The maximum Gasteiger partial charge on any atom is 0.238 e. The number of benzene rings is 2. The predicted molar refractivity (Wildman–Crippen MR) is 130 cm³/mol. The summed E-state index contributed by atoms with van der Waals surface area (Å²) in [5, 5.41) is 6.20. The Morgan fingerprint density at radius 2 is 1.79 bits per heavy atom. The minimum absolute atomic E-state index is 0.135. The Bertz CT molecular complexity index is 1070. The molecule has 0 aliphatic carbocycles. The SMILES string of the molecule is CCN(CC(=O)Nc1ccc(NC(C)=O)cc1)Cc1cc(Cl)ccc1OCc1cccnc1. The molecule has 0 saturated heterocycles. The summed E-state index contributed by atoms with van der Waals surface area (Å²) in [7, 11) is 0. The minimum atomic E-state index is -0.143. The molecule has 2 amide bonds. The van der Waals surface area contributed by atoms with Gasteiger partial charge in [0.25, 0.3) is 0 Å². The average molecular weight is 467 g/mol. The Hall–Kier alpha value is -3.42. The number of carbonyl (C=O) groups excluding carboxylic acids is 2. The summed E-state index contributed by atoms with van der Waals surface area (Å²) in [5.41, 5.74) is 3.21. The number of halogens is 1. The van der Waals surface area contributed by atoms with Crippen molar-refractivity contribution in [2.75, 3.05) is 23.7 Å². The van der Waals surface area contributed by atoms with Crippen molar-refractivity contribution in [1.29, 1.82) is 0 Å². The topological polar surface area (TPSA) is 83.6 Å². The molecule has 0 aliphatic heterocycles. The zero-order chi connectivity index (χ0) is 23.6. The van der Waals surface area contributed by atoms with E-state index in [1.165, 1.54) is 6.92 Å². The molecule has 0 aliphatic rings. The summed E-state index contributed by atoms with van der Waals surface area (Å²) in [6.07, 6.45) is 3.49. The van der Waals surface area contributed by atoms with Crippen molar-refractivity contribution in [2.24, 2.45) is 0 Å². The van der Waals surface area contributed by atoms with Gasteiger partial charge in [-0.3, -0.25) is 19.5 Å². The number of hydrogen-bond donors (Lipinski definition) is 2. The molecule has 2 aromatic carbocycles. The third kappa shape index (κ3) is 7.89. The van der Waals surface area contributed by atoms with Gasteiger partial charge in [-0.15, -0.1) is 0 Å². The van der Waals surface area contributed by atoms with Crippen LogP contribution in [0.15, 0.2) is 67.0 Å². The van der Waals surface area contributed by atoms with E-state index < -0.39 is 0 Å². The molecule has 0 saturated carbocycles. The fourth-order valence-electron chi connectivity index (χ4n) is 3.22. The second kappa shape index (κ2) is 12.0. The second-order valence-electron chi connectivity index (χ2n) is 7.51. The highest BCUT2D eigenvalue weighted by Gasteiger charge is 2.14. The lowest BCUT2D eigenvalue weighted by Crippen LogP contribution is -2.32. The molecule has 0 spiro atoms. The summed E-state index contributed by atoms with van der Waals surface area (Å²) in [5.74, 6) is 0.440. The Balaban J connectivity index is 1.61. The quantitative estimate of drug-likeness (QED) is 0.451. The van der Waals surface area contributed by atoms with Gasteiger partial charge in [0, 0.05) is 53.4 Å². The van der Waals surface area contributed by atoms with Gasteiger partial charge in [0.2, 0.25) is 11.8 Å². The summed E-state index contributed by atoms with van der Waals surface area (Å²) in [6, 6.07) is 16.3. The van der Waals surface area contributed by atoms with Crippen molar-refractivity contribution in [3.8, 4) is 5.75 Å². The van der Waals surface area contributed by atoms with Crippen LogP contribution in [0.25, 0.3) is 0 Å². The zero-order valence-corrected chi connectivity index (χ0v) is 19.4. The molecule has 0 fully saturated rings. The minimum Gasteiger partial charge on any atom is -0.489 e. The van der Waals surface area contributed by atoms with Gasteiger partial charge in [-0.05, 0) is 55.1 Å². The molecule has 3 rings (SSSR count). The van der Waals surface area contributed by atoms with Crippen LogP contribution in [-0.2, 0) is 22.7 Å². The van der Waals surface area contributed by atoms with Crippen LogP contribution < -0.4 is 15.4 Å². The number of carbonyl (C=O) groups is 2.